The van der Waals surface area contributed by atoms with Gasteiger partial charge in [0, 0.05) is 18.2 Å². The first kappa shape index (κ1) is 20.7. The Labute approximate surface area is 168 Å². The van der Waals surface area contributed by atoms with E-state index in [2.05, 4.69) is 16.0 Å². The summed E-state index contributed by atoms with van der Waals surface area (Å²) in [6, 6.07) is 11.8. The first-order chi connectivity index (χ1) is 12.9. The van der Waals surface area contributed by atoms with Crippen LogP contribution in [0.15, 0.2) is 42.5 Å². The fourth-order valence-corrected chi connectivity index (χ4v) is 2.74. The Morgan fingerprint density at radius 3 is 2.56 bits per heavy atom. The standard InChI is InChI=1S/C19H20ClN3O3S/c1-3-6-17(24)23-19(27)21-12-9-10-15(16(11-12)26-2)22-18(25)13-7-4-5-8-14(13)20/h4-5,7-11H,3,6H2,1-2H3,(H,22,25)(H2,21,23,24,27). The maximum Gasteiger partial charge on any atom is 0.257 e. The van der Waals surface area contributed by atoms with E-state index < -0.39 is 0 Å². The van der Waals surface area contributed by atoms with Crippen LogP contribution >= 0.6 is 23.8 Å². The Hall–Kier alpha value is -2.64. The third-order valence-corrected chi connectivity index (χ3v) is 4.09. The molecule has 0 aliphatic carbocycles. The highest BCUT2D eigenvalue weighted by Crippen LogP contribution is 2.29. The molecule has 0 aliphatic rings. The van der Waals surface area contributed by atoms with E-state index in [0.717, 1.165) is 6.42 Å². The topological polar surface area (TPSA) is 79.5 Å². The lowest BCUT2D eigenvalue weighted by Crippen LogP contribution is -2.33. The molecule has 0 fully saturated rings. The summed E-state index contributed by atoms with van der Waals surface area (Å²) in [6.07, 6.45) is 1.14. The van der Waals surface area contributed by atoms with Gasteiger partial charge in [-0.05, 0) is 42.9 Å². The lowest BCUT2D eigenvalue weighted by Gasteiger charge is -2.14. The predicted molar refractivity (Wildman–Crippen MR) is 112 cm³/mol. The van der Waals surface area contributed by atoms with E-state index >= 15 is 0 Å². The van der Waals surface area contributed by atoms with Crippen LogP contribution in [0.3, 0.4) is 0 Å². The maximum absolute atomic E-state index is 12.4. The van der Waals surface area contributed by atoms with E-state index in [0.29, 0.717) is 34.1 Å². The quantitative estimate of drug-likeness (QED) is 0.627. The van der Waals surface area contributed by atoms with E-state index in [1.807, 2.05) is 6.92 Å². The summed E-state index contributed by atoms with van der Waals surface area (Å²) in [5.74, 6) is -0.0596. The number of carbonyl (C=O) groups excluding carboxylic acids is 2. The molecule has 2 rings (SSSR count). The Morgan fingerprint density at radius 2 is 1.89 bits per heavy atom. The number of anilines is 2. The fraction of sp³-hybridized carbons (Fsp3) is 0.211. The molecule has 0 unspecified atom stereocenters. The van der Waals surface area contributed by atoms with E-state index in [9.17, 15) is 9.59 Å². The number of ether oxygens (including phenoxy) is 1. The van der Waals surface area contributed by atoms with Crippen LogP contribution in [0.2, 0.25) is 5.02 Å². The van der Waals surface area contributed by atoms with Crippen molar-refractivity contribution < 1.29 is 14.3 Å². The summed E-state index contributed by atoms with van der Waals surface area (Å²) >= 11 is 11.2. The third-order valence-electron chi connectivity index (χ3n) is 3.56. The van der Waals surface area contributed by atoms with Gasteiger partial charge in [-0.1, -0.05) is 30.7 Å². The predicted octanol–water partition coefficient (Wildman–Crippen LogP) is 4.21. The van der Waals surface area contributed by atoms with Gasteiger partial charge in [-0.15, -0.1) is 0 Å². The molecule has 0 bridgehead atoms. The molecule has 0 heterocycles. The monoisotopic (exact) mass is 405 g/mol. The second-order valence-electron chi connectivity index (χ2n) is 5.60. The Morgan fingerprint density at radius 1 is 1.15 bits per heavy atom. The molecule has 0 spiro atoms. The Bertz CT molecular complexity index is 858. The minimum absolute atomic E-state index is 0.148. The number of halogens is 1. The molecule has 8 heteroatoms. The van der Waals surface area contributed by atoms with Crippen LogP contribution in [0.4, 0.5) is 11.4 Å². The minimum Gasteiger partial charge on any atom is -0.494 e. The summed E-state index contributed by atoms with van der Waals surface area (Å²) in [6.45, 7) is 1.91. The largest absolute Gasteiger partial charge is 0.494 e. The second-order valence-corrected chi connectivity index (χ2v) is 6.42. The zero-order valence-corrected chi connectivity index (χ0v) is 16.5. The van der Waals surface area contributed by atoms with Gasteiger partial charge in [-0.3, -0.25) is 9.59 Å². The van der Waals surface area contributed by atoms with Crippen LogP contribution in [0, 0.1) is 0 Å². The summed E-state index contributed by atoms with van der Waals surface area (Å²) in [5.41, 5.74) is 1.46. The van der Waals surface area contributed by atoms with Crippen LogP contribution in [-0.4, -0.2) is 24.0 Å². The Balaban J connectivity index is 2.09. The average molecular weight is 406 g/mol. The minimum atomic E-state index is -0.345. The summed E-state index contributed by atoms with van der Waals surface area (Å²) < 4.78 is 5.34. The van der Waals surface area contributed by atoms with Gasteiger partial charge in [-0.2, -0.15) is 0 Å². The van der Waals surface area contributed by atoms with Gasteiger partial charge in [0.25, 0.3) is 5.91 Å². The smallest absolute Gasteiger partial charge is 0.257 e. The number of methoxy groups -OCH3 is 1. The van der Waals surface area contributed by atoms with Crippen molar-refractivity contribution in [2.45, 2.75) is 19.8 Å². The number of thiocarbonyl (C=S) groups is 1. The summed E-state index contributed by atoms with van der Waals surface area (Å²) in [7, 11) is 1.49. The van der Waals surface area contributed by atoms with Crippen molar-refractivity contribution in [1.82, 2.24) is 5.32 Å². The van der Waals surface area contributed by atoms with Crippen molar-refractivity contribution in [3.63, 3.8) is 0 Å². The molecule has 0 radical (unpaired) electrons. The molecule has 0 aromatic heterocycles. The molecular weight excluding hydrogens is 386 g/mol. The van der Waals surface area contributed by atoms with Gasteiger partial charge in [0.15, 0.2) is 5.11 Å². The molecular formula is C19H20ClN3O3S. The zero-order chi connectivity index (χ0) is 19.8. The van der Waals surface area contributed by atoms with Crippen LogP contribution < -0.4 is 20.7 Å². The first-order valence-corrected chi connectivity index (χ1v) is 9.08. The molecule has 6 nitrogen and oxygen atoms in total. The van der Waals surface area contributed by atoms with Gasteiger partial charge in [0.1, 0.15) is 5.75 Å². The molecule has 2 aromatic rings. The third kappa shape index (κ3) is 5.94. The lowest BCUT2D eigenvalue weighted by molar-refractivity contribution is -0.119. The summed E-state index contributed by atoms with van der Waals surface area (Å²) in [4.78, 5) is 24.0. The van der Waals surface area contributed by atoms with E-state index in [4.69, 9.17) is 28.6 Å². The van der Waals surface area contributed by atoms with Gasteiger partial charge in [0.2, 0.25) is 5.91 Å². The van der Waals surface area contributed by atoms with Crippen molar-refractivity contribution in [3.05, 3.63) is 53.1 Å². The van der Waals surface area contributed by atoms with Crippen molar-refractivity contribution >= 4 is 52.1 Å². The number of carbonyl (C=O) groups is 2. The van der Waals surface area contributed by atoms with Crippen molar-refractivity contribution in [3.8, 4) is 5.75 Å². The lowest BCUT2D eigenvalue weighted by atomic mass is 10.2. The van der Waals surface area contributed by atoms with Gasteiger partial charge in [-0.25, -0.2) is 0 Å². The second kappa shape index (κ2) is 9.89. The molecule has 2 amide bonds. The average Bonchev–Trinajstić information content (AvgIpc) is 2.63. The Kier molecular flexibility index (Phi) is 7.57. The summed E-state index contributed by atoms with van der Waals surface area (Å²) in [5, 5.41) is 8.84. The van der Waals surface area contributed by atoms with Crippen molar-refractivity contribution in [2.24, 2.45) is 0 Å². The van der Waals surface area contributed by atoms with Gasteiger partial charge in [0.05, 0.1) is 23.4 Å². The first-order valence-electron chi connectivity index (χ1n) is 8.29. The molecule has 142 valence electrons. The van der Waals surface area contributed by atoms with Crippen LogP contribution in [0.5, 0.6) is 5.75 Å². The number of hydrogen-bond acceptors (Lipinski definition) is 4. The molecule has 0 atom stereocenters. The van der Waals surface area contributed by atoms with Gasteiger partial charge < -0.3 is 20.7 Å². The normalized spacial score (nSPS) is 10.0. The highest BCUT2D eigenvalue weighted by molar-refractivity contribution is 7.80. The van der Waals surface area contributed by atoms with Crippen LogP contribution in [-0.2, 0) is 4.79 Å². The molecule has 2 aromatic carbocycles. The number of nitrogens with one attached hydrogen (secondary N) is 3. The maximum atomic E-state index is 12.4. The molecule has 3 N–H and O–H groups in total. The van der Waals surface area contributed by atoms with Crippen LogP contribution in [0.25, 0.3) is 0 Å². The van der Waals surface area contributed by atoms with E-state index in [1.54, 1.807) is 42.5 Å². The zero-order valence-electron chi connectivity index (χ0n) is 15.0. The fourth-order valence-electron chi connectivity index (χ4n) is 2.29. The molecule has 27 heavy (non-hydrogen) atoms. The van der Waals surface area contributed by atoms with E-state index in [-0.39, 0.29) is 16.9 Å². The number of hydrogen-bond donors (Lipinski definition) is 3. The van der Waals surface area contributed by atoms with Crippen molar-refractivity contribution in [1.29, 1.82) is 0 Å². The SMILES string of the molecule is CCCC(=O)NC(=S)Nc1ccc(NC(=O)c2ccccc2Cl)c(OC)c1. The number of rotatable bonds is 6. The highest BCUT2D eigenvalue weighted by Gasteiger charge is 2.13. The molecule has 0 saturated carbocycles. The van der Waals surface area contributed by atoms with E-state index in [1.165, 1.54) is 7.11 Å². The van der Waals surface area contributed by atoms with Crippen LogP contribution in [0.1, 0.15) is 30.1 Å². The molecule has 0 saturated heterocycles. The highest BCUT2D eigenvalue weighted by atomic mass is 35.5. The van der Waals surface area contributed by atoms with Crippen molar-refractivity contribution in [2.75, 3.05) is 17.7 Å². The number of amides is 2. The molecule has 0 aliphatic heterocycles. The number of benzene rings is 2. The van der Waals surface area contributed by atoms with Gasteiger partial charge >= 0.3 is 0 Å².